The van der Waals surface area contributed by atoms with Crippen LogP contribution in [0.2, 0.25) is 5.02 Å². The molecule has 0 amide bonds. The van der Waals surface area contributed by atoms with Crippen molar-refractivity contribution in [1.82, 2.24) is 5.43 Å². The Morgan fingerprint density at radius 2 is 1.89 bits per heavy atom. The van der Waals surface area contributed by atoms with Gasteiger partial charge in [0, 0.05) is 14.2 Å². The first kappa shape index (κ1) is 14.7. The molecule has 19 heavy (non-hydrogen) atoms. The van der Waals surface area contributed by atoms with Crippen molar-refractivity contribution in [3.63, 3.8) is 0 Å². The van der Waals surface area contributed by atoms with Crippen LogP contribution in [-0.4, -0.2) is 0 Å². The number of halogens is 3. The summed E-state index contributed by atoms with van der Waals surface area (Å²) in [5.41, 5.74) is 4.12. The molecule has 2 aromatic carbocycles. The number of nitrogens with two attached hydrogens (primary N) is 1. The van der Waals surface area contributed by atoms with Crippen LogP contribution >= 0.6 is 34.2 Å². The summed E-state index contributed by atoms with van der Waals surface area (Å²) in [6.07, 6.45) is 0.577. The number of benzene rings is 2. The predicted octanol–water partition coefficient (Wildman–Crippen LogP) is 3.83. The molecular weight excluding hydrogens is 378 g/mol. The van der Waals surface area contributed by atoms with E-state index in [2.05, 4.69) is 28.0 Å². The number of nitrogens with one attached hydrogen (secondary N) is 1. The lowest BCUT2D eigenvalue weighted by molar-refractivity contribution is 0.511. The molecule has 0 bridgehead atoms. The molecule has 5 heteroatoms. The van der Waals surface area contributed by atoms with E-state index in [9.17, 15) is 4.39 Å². The smallest absolute Gasteiger partial charge is 0.129 e. The molecule has 0 saturated carbocycles. The van der Waals surface area contributed by atoms with Crippen molar-refractivity contribution in [2.75, 3.05) is 0 Å². The molecule has 2 rings (SSSR count). The van der Waals surface area contributed by atoms with Gasteiger partial charge in [0.05, 0.1) is 6.04 Å². The van der Waals surface area contributed by atoms with Gasteiger partial charge >= 0.3 is 0 Å². The summed E-state index contributed by atoms with van der Waals surface area (Å²) in [4.78, 5) is 0. The summed E-state index contributed by atoms with van der Waals surface area (Å²) in [5, 5.41) is 0.383. The van der Waals surface area contributed by atoms with Crippen LogP contribution in [0.1, 0.15) is 17.2 Å². The number of hydrogen-bond donors (Lipinski definition) is 2. The normalized spacial score (nSPS) is 12.4. The lowest BCUT2D eigenvalue weighted by Gasteiger charge is -2.18. The quantitative estimate of drug-likeness (QED) is 0.473. The molecule has 2 nitrogen and oxygen atoms in total. The van der Waals surface area contributed by atoms with Crippen molar-refractivity contribution in [2.45, 2.75) is 12.5 Å². The molecule has 0 spiro atoms. The van der Waals surface area contributed by atoms with E-state index < -0.39 is 0 Å². The summed E-state index contributed by atoms with van der Waals surface area (Å²) in [7, 11) is 0. The summed E-state index contributed by atoms with van der Waals surface area (Å²) in [6.45, 7) is 0. The van der Waals surface area contributed by atoms with Gasteiger partial charge in [-0.2, -0.15) is 0 Å². The number of rotatable bonds is 4. The predicted molar refractivity (Wildman–Crippen MR) is 84.3 cm³/mol. The molecule has 0 aromatic heterocycles. The van der Waals surface area contributed by atoms with Gasteiger partial charge in [0.15, 0.2) is 0 Å². The number of hydrogen-bond acceptors (Lipinski definition) is 2. The Hall–Kier alpha value is -0.690. The Morgan fingerprint density at radius 1 is 1.21 bits per heavy atom. The average Bonchev–Trinajstić information content (AvgIpc) is 2.39. The van der Waals surface area contributed by atoms with E-state index in [0.717, 1.165) is 9.13 Å². The summed E-state index contributed by atoms with van der Waals surface area (Å²) in [5.74, 6) is 5.20. The molecule has 2 aromatic rings. The molecule has 1 atom stereocenters. The van der Waals surface area contributed by atoms with E-state index in [1.165, 1.54) is 6.07 Å². The second-order valence-electron chi connectivity index (χ2n) is 4.19. The van der Waals surface area contributed by atoms with E-state index in [0.29, 0.717) is 17.0 Å². The highest BCUT2D eigenvalue weighted by Crippen LogP contribution is 2.28. The molecule has 0 aliphatic rings. The van der Waals surface area contributed by atoms with Crippen LogP contribution in [0.3, 0.4) is 0 Å². The SMILES string of the molecule is NNC(Cc1ccc(I)cc1)c1c(F)cccc1Cl. The first-order valence-corrected chi connectivity index (χ1v) is 7.22. The van der Waals surface area contributed by atoms with Gasteiger partial charge in [-0.15, -0.1) is 0 Å². The molecule has 0 heterocycles. The topological polar surface area (TPSA) is 38.0 Å². The molecular formula is C14H13ClFIN2. The molecule has 0 aliphatic carbocycles. The van der Waals surface area contributed by atoms with E-state index in [-0.39, 0.29) is 11.9 Å². The molecule has 0 saturated heterocycles. The Balaban J connectivity index is 2.27. The Bertz CT molecular complexity index is 540. The van der Waals surface area contributed by atoms with E-state index in [1.807, 2.05) is 24.3 Å². The van der Waals surface area contributed by atoms with Gasteiger partial charge in [-0.3, -0.25) is 11.3 Å². The summed E-state index contributed by atoms with van der Waals surface area (Å²) in [6, 6.07) is 12.3. The van der Waals surface area contributed by atoms with Gasteiger partial charge in [-0.05, 0) is 58.8 Å². The molecule has 3 N–H and O–H groups in total. The van der Waals surface area contributed by atoms with Crippen LogP contribution in [0.5, 0.6) is 0 Å². The minimum absolute atomic E-state index is 0.346. The Morgan fingerprint density at radius 3 is 2.47 bits per heavy atom. The maximum atomic E-state index is 13.9. The minimum atomic E-state index is -0.353. The van der Waals surface area contributed by atoms with Crippen LogP contribution in [-0.2, 0) is 6.42 Å². The molecule has 100 valence electrons. The first-order chi connectivity index (χ1) is 9.11. The van der Waals surface area contributed by atoms with E-state index in [4.69, 9.17) is 17.4 Å². The zero-order valence-corrected chi connectivity index (χ0v) is 13.0. The maximum Gasteiger partial charge on any atom is 0.129 e. The fourth-order valence-corrected chi connectivity index (χ4v) is 2.60. The lowest BCUT2D eigenvalue weighted by Crippen LogP contribution is -2.30. The molecule has 0 fully saturated rings. The molecule has 1 unspecified atom stereocenters. The second kappa shape index (κ2) is 6.65. The van der Waals surface area contributed by atoms with Gasteiger partial charge in [-0.25, -0.2) is 4.39 Å². The second-order valence-corrected chi connectivity index (χ2v) is 5.84. The first-order valence-electron chi connectivity index (χ1n) is 5.76. The van der Waals surface area contributed by atoms with Crippen LogP contribution in [0.4, 0.5) is 4.39 Å². The van der Waals surface area contributed by atoms with Gasteiger partial charge in [0.2, 0.25) is 0 Å². The third kappa shape index (κ3) is 3.66. The van der Waals surface area contributed by atoms with Crippen molar-refractivity contribution in [1.29, 1.82) is 0 Å². The van der Waals surface area contributed by atoms with E-state index >= 15 is 0 Å². The van der Waals surface area contributed by atoms with Gasteiger partial charge in [0.25, 0.3) is 0 Å². The zero-order valence-electron chi connectivity index (χ0n) is 10.0. The summed E-state index contributed by atoms with van der Waals surface area (Å²) < 4.78 is 15.0. The Labute approximate surface area is 130 Å². The van der Waals surface area contributed by atoms with Gasteiger partial charge < -0.3 is 0 Å². The monoisotopic (exact) mass is 390 g/mol. The highest BCUT2D eigenvalue weighted by atomic mass is 127. The van der Waals surface area contributed by atoms with Crippen molar-refractivity contribution in [3.8, 4) is 0 Å². The standard InChI is InChI=1S/C14H13ClFIN2/c15-11-2-1-3-12(16)14(11)13(19-18)8-9-4-6-10(17)7-5-9/h1-7,13,19H,8,18H2. The van der Waals surface area contributed by atoms with Crippen molar-refractivity contribution in [3.05, 3.63) is 68.0 Å². The van der Waals surface area contributed by atoms with Crippen molar-refractivity contribution in [2.24, 2.45) is 5.84 Å². The van der Waals surface area contributed by atoms with Crippen LogP contribution < -0.4 is 11.3 Å². The Kier molecular flexibility index (Phi) is 5.15. The largest absolute Gasteiger partial charge is 0.271 e. The highest BCUT2D eigenvalue weighted by molar-refractivity contribution is 14.1. The average molecular weight is 391 g/mol. The lowest BCUT2D eigenvalue weighted by atomic mass is 9.99. The van der Waals surface area contributed by atoms with Gasteiger partial charge in [0.1, 0.15) is 5.82 Å². The minimum Gasteiger partial charge on any atom is -0.271 e. The maximum absolute atomic E-state index is 13.9. The number of hydrazine groups is 1. The molecule has 0 radical (unpaired) electrons. The fraction of sp³-hybridized carbons (Fsp3) is 0.143. The third-order valence-electron chi connectivity index (χ3n) is 2.90. The molecule has 0 aliphatic heterocycles. The fourth-order valence-electron chi connectivity index (χ4n) is 1.94. The van der Waals surface area contributed by atoms with Crippen molar-refractivity contribution >= 4 is 34.2 Å². The third-order valence-corrected chi connectivity index (χ3v) is 3.95. The summed E-state index contributed by atoms with van der Waals surface area (Å²) >= 11 is 8.30. The van der Waals surface area contributed by atoms with Crippen molar-refractivity contribution < 1.29 is 4.39 Å². The van der Waals surface area contributed by atoms with Crippen LogP contribution in [0.25, 0.3) is 0 Å². The van der Waals surface area contributed by atoms with Gasteiger partial charge in [-0.1, -0.05) is 29.8 Å². The van der Waals surface area contributed by atoms with E-state index in [1.54, 1.807) is 12.1 Å². The zero-order chi connectivity index (χ0) is 13.8. The van der Waals surface area contributed by atoms with Crippen LogP contribution in [0.15, 0.2) is 42.5 Å². The van der Waals surface area contributed by atoms with Crippen LogP contribution in [0, 0.1) is 9.39 Å². The highest BCUT2D eigenvalue weighted by Gasteiger charge is 2.18.